The Kier molecular flexibility index (Phi) is 3.21. The topological polar surface area (TPSA) is 44.0 Å². The fraction of sp³-hybridized carbons (Fsp3) is 0.917. The van der Waals surface area contributed by atoms with Gasteiger partial charge in [-0.25, -0.2) is 0 Å². The first-order valence-electron chi connectivity index (χ1n) is 5.46. The van der Waals surface area contributed by atoms with Crippen LogP contribution in [0.15, 0.2) is 0 Å². The molecule has 0 amide bonds. The summed E-state index contributed by atoms with van der Waals surface area (Å²) in [6, 6.07) is 2.29. The highest BCUT2D eigenvalue weighted by Crippen LogP contribution is 2.44. The van der Waals surface area contributed by atoms with Crippen molar-refractivity contribution in [2.45, 2.75) is 46.5 Å². The Hall–Kier alpha value is -0.550. The minimum absolute atomic E-state index is 0.0281. The van der Waals surface area contributed by atoms with Crippen LogP contribution < -0.4 is 0 Å². The van der Waals surface area contributed by atoms with Crippen LogP contribution >= 0.6 is 0 Å². The molecule has 1 aliphatic rings. The molecule has 1 rings (SSSR count). The van der Waals surface area contributed by atoms with Gasteiger partial charge in [-0.3, -0.25) is 0 Å². The van der Waals surface area contributed by atoms with Crippen molar-refractivity contribution in [3.05, 3.63) is 0 Å². The highest BCUT2D eigenvalue weighted by atomic mass is 16.3. The van der Waals surface area contributed by atoms with Gasteiger partial charge in [0.2, 0.25) is 0 Å². The maximum absolute atomic E-state index is 9.21. The Bertz CT molecular complexity index is 226. The summed E-state index contributed by atoms with van der Waals surface area (Å²) in [7, 11) is 0. The molecule has 1 saturated carbocycles. The maximum Gasteiger partial charge on any atom is 0.0804 e. The van der Waals surface area contributed by atoms with Crippen LogP contribution in [0, 0.1) is 28.1 Å². The quantitative estimate of drug-likeness (QED) is 0.699. The SMILES string of the molecule is CC(C)(C)C1CCC(C#N)(CO)CC1. The fourth-order valence-electron chi connectivity index (χ4n) is 2.34. The fourth-order valence-corrected chi connectivity index (χ4v) is 2.34. The first-order chi connectivity index (χ1) is 6.43. The minimum Gasteiger partial charge on any atom is -0.395 e. The molecule has 0 heterocycles. The molecule has 0 radical (unpaired) electrons. The number of nitriles is 1. The first-order valence-corrected chi connectivity index (χ1v) is 5.46. The predicted octanol–water partition coefficient (Wildman–Crippen LogP) is 2.72. The lowest BCUT2D eigenvalue weighted by molar-refractivity contribution is 0.0750. The summed E-state index contributed by atoms with van der Waals surface area (Å²) in [5.74, 6) is 0.704. The normalized spacial score (nSPS) is 33.8. The Labute approximate surface area is 86.9 Å². The summed E-state index contributed by atoms with van der Waals surface area (Å²) in [5.41, 5.74) is -0.0845. The third-order valence-electron chi connectivity index (χ3n) is 3.71. The minimum atomic E-state index is -0.429. The second kappa shape index (κ2) is 3.90. The summed E-state index contributed by atoms with van der Waals surface area (Å²) in [6.45, 7) is 6.81. The number of aliphatic hydroxyl groups is 1. The van der Waals surface area contributed by atoms with Gasteiger partial charge in [-0.2, -0.15) is 5.26 Å². The van der Waals surface area contributed by atoms with E-state index < -0.39 is 5.41 Å². The van der Waals surface area contributed by atoms with E-state index in [0.29, 0.717) is 11.3 Å². The first kappa shape index (κ1) is 11.5. The van der Waals surface area contributed by atoms with Crippen molar-refractivity contribution >= 4 is 0 Å². The molecule has 0 aromatic heterocycles. The van der Waals surface area contributed by atoms with Crippen molar-refractivity contribution in [1.29, 1.82) is 5.26 Å². The molecule has 0 aliphatic heterocycles. The van der Waals surface area contributed by atoms with Gasteiger partial charge in [-0.1, -0.05) is 20.8 Å². The summed E-state index contributed by atoms with van der Waals surface area (Å²) in [4.78, 5) is 0. The largest absolute Gasteiger partial charge is 0.395 e. The lowest BCUT2D eigenvalue weighted by Gasteiger charge is -2.39. The predicted molar refractivity (Wildman–Crippen MR) is 56.5 cm³/mol. The van der Waals surface area contributed by atoms with Crippen LogP contribution in [0.1, 0.15) is 46.5 Å². The molecule has 1 aliphatic carbocycles. The van der Waals surface area contributed by atoms with Crippen molar-refractivity contribution in [1.82, 2.24) is 0 Å². The molecule has 2 heteroatoms. The lowest BCUT2D eigenvalue weighted by Crippen LogP contribution is -2.33. The van der Waals surface area contributed by atoms with Gasteiger partial charge in [0, 0.05) is 0 Å². The zero-order valence-corrected chi connectivity index (χ0v) is 9.51. The van der Waals surface area contributed by atoms with E-state index in [0.717, 1.165) is 25.7 Å². The van der Waals surface area contributed by atoms with Crippen molar-refractivity contribution in [3.8, 4) is 6.07 Å². The molecule has 0 saturated heterocycles. The molecular weight excluding hydrogens is 174 g/mol. The molecule has 80 valence electrons. The monoisotopic (exact) mass is 195 g/mol. The Morgan fingerprint density at radius 1 is 1.36 bits per heavy atom. The molecule has 0 spiro atoms. The third kappa shape index (κ3) is 2.27. The second-order valence-electron chi connectivity index (χ2n) is 5.69. The Balaban J connectivity index is 2.59. The van der Waals surface area contributed by atoms with Crippen LogP contribution in [0.4, 0.5) is 0 Å². The summed E-state index contributed by atoms with van der Waals surface area (Å²) in [6.07, 6.45) is 3.89. The van der Waals surface area contributed by atoms with E-state index in [-0.39, 0.29) is 6.61 Å². The zero-order chi connectivity index (χ0) is 10.8. The van der Waals surface area contributed by atoms with Gasteiger partial charge in [-0.05, 0) is 37.0 Å². The molecule has 2 nitrogen and oxygen atoms in total. The highest BCUT2D eigenvalue weighted by molar-refractivity contribution is 5.02. The van der Waals surface area contributed by atoms with Gasteiger partial charge >= 0.3 is 0 Å². The van der Waals surface area contributed by atoms with E-state index in [4.69, 9.17) is 5.26 Å². The van der Waals surface area contributed by atoms with Crippen LogP contribution in [0.25, 0.3) is 0 Å². The zero-order valence-electron chi connectivity index (χ0n) is 9.51. The van der Waals surface area contributed by atoms with E-state index in [1.807, 2.05) is 0 Å². The van der Waals surface area contributed by atoms with E-state index >= 15 is 0 Å². The molecule has 1 N–H and O–H groups in total. The highest BCUT2D eigenvalue weighted by Gasteiger charge is 2.38. The summed E-state index contributed by atoms with van der Waals surface area (Å²) < 4.78 is 0. The van der Waals surface area contributed by atoms with Gasteiger partial charge in [0.15, 0.2) is 0 Å². The smallest absolute Gasteiger partial charge is 0.0804 e. The second-order valence-corrected chi connectivity index (χ2v) is 5.69. The van der Waals surface area contributed by atoms with Crippen LogP contribution in [-0.4, -0.2) is 11.7 Å². The van der Waals surface area contributed by atoms with Crippen LogP contribution in [-0.2, 0) is 0 Å². The van der Waals surface area contributed by atoms with Gasteiger partial charge in [-0.15, -0.1) is 0 Å². The van der Waals surface area contributed by atoms with Crippen LogP contribution in [0.5, 0.6) is 0 Å². The number of hydrogen-bond donors (Lipinski definition) is 1. The molecule has 0 aromatic carbocycles. The summed E-state index contributed by atoms with van der Waals surface area (Å²) >= 11 is 0. The molecular formula is C12H21NO. The van der Waals surface area contributed by atoms with Crippen molar-refractivity contribution < 1.29 is 5.11 Å². The van der Waals surface area contributed by atoms with Crippen molar-refractivity contribution in [2.24, 2.45) is 16.7 Å². The molecule has 14 heavy (non-hydrogen) atoms. The van der Waals surface area contributed by atoms with E-state index in [2.05, 4.69) is 26.8 Å². The average Bonchev–Trinajstić information content (AvgIpc) is 2.16. The number of aliphatic hydroxyl groups excluding tert-OH is 1. The van der Waals surface area contributed by atoms with Crippen molar-refractivity contribution in [3.63, 3.8) is 0 Å². The van der Waals surface area contributed by atoms with Gasteiger partial charge in [0.05, 0.1) is 18.1 Å². The molecule has 0 aromatic rings. The molecule has 1 fully saturated rings. The summed E-state index contributed by atoms with van der Waals surface area (Å²) in [5, 5.41) is 18.2. The average molecular weight is 195 g/mol. The number of rotatable bonds is 1. The van der Waals surface area contributed by atoms with Crippen LogP contribution in [0.2, 0.25) is 0 Å². The van der Waals surface area contributed by atoms with E-state index in [1.54, 1.807) is 0 Å². The third-order valence-corrected chi connectivity index (χ3v) is 3.71. The van der Waals surface area contributed by atoms with Gasteiger partial charge in [0.1, 0.15) is 0 Å². The molecule has 0 bridgehead atoms. The standard InChI is InChI=1S/C12H21NO/c1-11(2,3)10-4-6-12(8-13,9-14)7-5-10/h10,14H,4-7,9H2,1-3H3. The molecule has 0 atom stereocenters. The van der Waals surface area contributed by atoms with Gasteiger partial charge < -0.3 is 5.11 Å². The Morgan fingerprint density at radius 2 is 1.86 bits per heavy atom. The van der Waals surface area contributed by atoms with Gasteiger partial charge in [0.25, 0.3) is 0 Å². The Morgan fingerprint density at radius 3 is 2.14 bits per heavy atom. The van der Waals surface area contributed by atoms with E-state index in [1.165, 1.54) is 0 Å². The van der Waals surface area contributed by atoms with E-state index in [9.17, 15) is 5.11 Å². The number of hydrogen-bond acceptors (Lipinski definition) is 2. The maximum atomic E-state index is 9.21. The molecule has 0 unspecified atom stereocenters. The van der Waals surface area contributed by atoms with Crippen molar-refractivity contribution in [2.75, 3.05) is 6.61 Å². The lowest BCUT2D eigenvalue weighted by atomic mass is 9.65. The number of nitrogens with zero attached hydrogens (tertiary/aromatic N) is 1. The van der Waals surface area contributed by atoms with Crippen LogP contribution in [0.3, 0.4) is 0 Å².